The summed E-state index contributed by atoms with van der Waals surface area (Å²) < 4.78 is 5.26. The zero-order valence-corrected chi connectivity index (χ0v) is 10.4. The number of ether oxygens (including phenoxy) is 1. The van der Waals surface area contributed by atoms with Crippen molar-refractivity contribution in [3.05, 3.63) is 34.9 Å². The summed E-state index contributed by atoms with van der Waals surface area (Å²) >= 11 is 0. The fourth-order valence-corrected chi connectivity index (χ4v) is 2.76. The minimum atomic E-state index is 0.525. The van der Waals surface area contributed by atoms with Crippen LogP contribution in [0.15, 0.2) is 18.2 Å². The Bertz CT molecular complexity index is 362. The van der Waals surface area contributed by atoms with Crippen LogP contribution in [0.2, 0.25) is 0 Å². The number of nitrogens with one attached hydrogen (secondary N) is 1. The molecule has 0 aliphatic heterocycles. The summed E-state index contributed by atoms with van der Waals surface area (Å²) in [5, 5.41) is 3.58. The molecule has 0 fully saturated rings. The highest BCUT2D eigenvalue weighted by atomic mass is 16.5. The number of fused-ring (bicyclic) bond motifs is 1. The number of rotatable bonds is 4. The molecule has 2 heteroatoms. The average molecular weight is 219 g/mol. The van der Waals surface area contributed by atoms with Crippen molar-refractivity contribution >= 4 is 0 Å². The first-order valence-corrected chi connectivity index (χ1v) is 6.10. The lowest BCUT2D eigenvalue weighted by Gasteiger charge is -2.17. The van der Waals surface area contributed by atoms with Crippen molar-refractivity contribution in [2.45, 2.75) is 32.9 Å². The quantitative estimate of drug-likeness (QED) is 0.840. The summed E-state index contributed by atoms with van der Waals surface area (Å²) in [4.78, 5) is 0. The van der Waals surface area contributed by atoms with E-state index in [9.17, 15) is 0 Å². The summed E-state index contributed by atoms with van der Waals surface area (Å²) in [5.41, 5.74) is 4.33. The van der Waals surface area contributed by atoms with Gasteiger partial charge in [0.1, 0.15) is 0 Å². The Kier molecular flexibility index (Phi) is 3.62. The molecule has 1 aliphatic rings. The predicted molar refractivity (Wildman–Crippen MR) is 66.4 cm³/mol. The highest BCUT2D eigenvalue weighted by Gasteiger charge is 2.29. The first kappa shape index (κ1) is 11.6. The van der Waals surface area contributed by atoms with Gasteiger partial charge < -0.3 is 10.1 Å². The lowest BCUT2D eigenvalue weighted by Crippen LogP contribution is -2.23. The largest absolute Gasteiger partial charge is 0.380 e. The summed E-state index contributed by atoms with van der Waals surface area (Å²) in [7, 11) is 1.76. The maximum absolute atomic E-state index is 5.26. The normalized spacial score (nSPS) is 23.4. The van der Waals surface area contributed by atoms with E-state index in [0.717, 1.165) is 13.2 Å². The molecular weight excluding hydrogens is 198 g/mol. The van der Waals surface area contributed by atoms with E-state index in [1.165, 1.54) is 23.1 Å². The van der Waals surface area contributed by atoms with Gasteiger partial charge in [-0.1, -0.05) is 32.0 Å². The SMILES string of the molecule is CCNC1c2cccc(COC)c2CC1C. The van der Waals surface area contributed by atoms with Gasteiger partial charge in [-0.25, -0.2) is 0 Å². The van der Waals surface area contributed by atoms with Crippen LogP contribution in [0.5, 0.6) is 0 Å². The van der Waals surface area contributed by atoms with Crippen LogP contribution in [0.3, 0.4) is 0 Å². The molecule has 0 radical (unpaired) electrons. The maximum atomic E-state index is 5.26. The van der Waals surface area contributed by atoms with E-state index in [-0.39, 0.29) is 0 Å². The Morgan fingerprint density at radius 3 is 2.94 bits per heavy atom. The molecule has 0 aromatic heterocycles. The first-order valence-electron chi connectivity index (χ1n) is 6.10. The average Bonchev–Trinajstić information content (AvgIpc) is 2.59. The van der Waals surface area contributed by atoms with Gasteiger partial charge in [-0.3, -0.25) is 0 Å². The van der Waals surface area contributed by atoms with Gasteiger partial charge in [0, 0.05) is 13.2 Å². The maximum Gasteiger partial charge on any atom is 0.0715 e. The minimum absolute atomic E-state index is 0.525. The summed E-state index contributed by atoms with van der Waals surface area (Å²) in [6.07, 6.45) is 1.17. The molecule has 88 valence electrons. The van der Waals surface area contributed by atoms with Crippen molar-refractivity contribution in [2.75, 3.05) is 13.7 Å². The summed E-state index contributed by atoms with van der Waals surface area (Å²) in [5.74, 6) is 0.688. The molecule has 1 aliphatic carbocycles. The monoisotopic (exact) mass is 219 g/mol. The zero-order chi connectivity index (χ0) is 11.5. The van der Waals surface area contributed by atoms with Gasteiger partial charge in [0.2, 0.25) is 0 Å². The summed E-state index contributed by atoms with van der Waals surface area (Å²) in [6, 6.07) is 7.11. The number of hydrogen-bond acceptors (Lipinski definition) is 2. The second-order valence-electron chi connectivity index (χ2n) is 4.63. The lowest BCUT2D eigenvalue weighted by molar-refractivity contribution is 0.184. The summed E-state index contributed by atoms with van der Waals surface area (Å²) in [6.45, 7) is 6.26. The van der Waals surface area contributed by atoms with Crippen LogP contribution in [0.25, 0.3) is 0 Å². The molecule has 2 atom stereocenters. The molecule has 1 aromatic rings. The van der Waals surface area contributed by atoms with E-state index < -0.39 is 0 Å². The number of methoxy groups -OCH3 is 1. The fraction of sp³-hybridized carbons (Fsp3) is 0.571. The molecule has 2 rings (SSSR count). The Balaban J connectivity index is 2.32. The van der Waals surface area contributed by atoms with Crippen LogP contribution in [-0.4, -0.2) is 13.7 Å². The highest BCUT2D eigenvalue weighted by Crippen LogP contribution is 2.37. The van der Waals surface area contributed by atoms with Gasteiger partial charge in [-0.05, 0) is 35.6 Å². The van der Waals surface area contributed by atoms with Crippen molar-refractivity contribution in [1.29, 1.82) is 0 Å². The topological polar surface area (TPSA) is 21.3 Å². The number of benzene rings is 1. The van der Waals surface area contributed by atoms with Crippen molar-refractivity contribution in [1.82, 2.24) is 5.32 Å². The van der Waals surface area contributed by atoms with Gasteiger partial charge in [0.05, 0.1) is 6.61 Å². The van der Waals surface area contributed by atoms with Crippen LogP contribution in [-0.2, 0) is 17.8 Å². The smallest absolute Gasteiger partial charge is 0.0715 e. The van der Waals surface area contributed by atoms with Crippen molar-refractivity contribution in [2.24, 2.45) is 5.92 Å². The van der Waals surface area contributed by atoms with E-state index >= 15 is 0 Å². The van der Waals surface area contributed by atoms with Crippen LogP contribution >= 0.6 is 0 Å². The Hall–Kier alpha value is -0.860. The Labute approximate surface area is 98.0 Å². The van der Waals surface area contributed by atoms with Crippen LogP contribution in [0, 0.1) is 5.92 Å². The second-order valence-corrected chi connectivity index (χ2v) is 4.63. The van der Waals surface area contributed by atoms with E-state index in [2.05, 4.69) is 37.4 Å². The molecule has 16 heavy (non-hydrogen) atoms. The zero-order valence-electron chi connectivity index (χ0n) is 10.4. The van der Waals surface area contributed by atoms with E-state index in [1.54, 1.807) is 7.11 Å². The van der Waals surface area contributed by atoms with Gasteiger partial charge in [-0.15, -0.1) is 0 Å². The van der Waals surface area contributed by atoms with Crippen molar-refractivity contribution in [3.63, 3.8) is 0 Å². The van der Waals surface area contributed by atoms with Crippen LogP contribution in [0.4, 0.5) is 0 Å². The Morgan fingerprint density at radius 1 is 1.44 bits per heavy atom. The third-order valence-electron chi connectivity index (χ3n) is 3.46. The molecule has 0 saturated carbocycles. The van der Waals surface area contributed by atoms with Gasteiger partial charge in [0.15, 0.2) is 0 Å². The van der Waals surface area contributed by atoms with Gasteiger partial charge in [-0.2, -0.15) is 0 Å². The lowest BCUT2D eigenvalue weighted by atomic mass is 10.0. The molecule has 0 saturated heterocycles. The van der Waals surface area contributed by atoms with E-state index in [0.29, 0.717) is 12.0 Å². The minimum Gasteiger partial charge on any atom is -0.380 e. The predicted octanol–water partition coefficient (Wildman–Crippen LogP) is 2.68. The molecule has 0 spiro atoms. The van der Waals surface area contributed by atoms with E-state index in [1.807, 2.05) is 0 Å². The first-order chi connectivity index (χ1) is 7.77. The van der Waals surface area contributed by atoms with Crippen molar-refractivity contribution in [3.8, 4) is 0 Å². The van der Waals surface area contributed by atoms with Gasteiger partial charge >= 0.3 is 0 Å². The molecular formula is C14H21NO. The molecule has 0 amide bonds. The Morgan fingerprint density at radius 2 is 2.25 bits per heavy atom. The molecule has 2 unspecified atom stereocenters. The molecule has 2 nitrogen and oxygen atoms in total. The highest BCUT2D eigenvalue weighted by molar-refractivity contribution is 5.41. The van der Waals surface area contributed by atoms with Gasteiger partial charge in [0.25, 0.3) is 0 Å². The fourth-order valence-electron chi connectivity index (χ4n) is 2.76. The van der Waals surface area contributed by atoms with Crippen molar-refractivity contribution < 1.29 is 4.74 Å². The standard InChI is InChI=1S/C14H21NO/c1-4-15-14-10(2)8-13-11(9-16-3)6-5-7-12(13)14/h5-7,10,14-15H,4,8-9H2,1-3H3. The molecule has 0 bridgehead atoms. The van der Waals surface area contributed by atoms with E-state index in [4.69, 9.17) is 4.74 Å². The molecule has 0 heterocycles. The second kappa shape index (κ2) is 4.98. The molecule has 1 N–H and O–H groups in total. The molecule has 1 aromatic carbocycles. The van der Waals surface area contributed by atoms with Crippen LogP contribution < -0.4 is 5.32 Å². The third-order valence-corrected chi connectivity index (χ3v) is 3.46. The third kappa shape index (κ3) is 2.00. The van der Waals surface area contributed by atoms with Crippen LogP contribution in [0.1, 0.15) is 36.6 Å². The number of hydrogen-bond donors (Lipinski definition) is 1.